The number of benzene rings is 2. The molecule has 0 N–H and O–H groups in total. The van der Waals surface area contributed by atoms with Crippen molar-refractivity contribution in [3.63, 3.8) is 0 Å². The lowest BCUT2D eigenvalue weighted by atomic mass is 10.1. The Morgan fingerprint density at radius 3 is 2.35 bits per heavy atom. The minimum absolute atomic E-state index is 0.154. The molecular weight excluding hydrogens is 350 g/mol. The van der Waals surface area contributed by atoms with E-state index < -0.39 is 10.0 Å². The second kappa shape index (κ2) is 7.63. The summed E-state index contributed by atoms with van der Waals surface area (Å²) in [7, 11) is -3.58. The average molecular weight is 375 g/mol. The van der Waals surface area contributed by atoms with Crippen LogP contribution in [0.3, 0.4) is 0 Å². The predicted octanol–water partition coefficient (Wildman–Crippen LogP) is 1.77. The number of sulfonamides is 1. The topological polar surface area (TPSA) is 60.9 Å². The van der Waals surface area contributed by atoms with Crippen molar-refractivity contribution >= 4 is 32.4 Å². The number of anilines is 1. The van der Waals surface area contributed by atoms with E-state index in [0.29, 0.717) is 18.8 Å². The first-order chi connectivity index (χ1) is 12.4. The van der Waals surface area contributed by atoms with Gasteiger partial charge in [0.15, 0.2) is 0 Å². The Labute approximate surface area is 155 Å². The van der Waals surface area contributed by atoms with Gasteiger partial charge in [0.05, 0.1) is 11.9 Å². The standard InChI is InChI=1S/C19H25N3O3S/c1-3-20-11-13-21(14-12-20)19(23)15-22(26(2,24)25)18-10-6-8-16-7-4-5-9-17(16)18/h4-10H,3,11-15H2,1-2H3. The summed E-state index contributed by atoms with van der Waals surface area (Å²) in [5.41, 5.74) is 0.547. The zero-order valence-electron chi connectivity index (χ0n) is 15.3. The predicted molar refractivity (Wildman–Crippen MR) is 105 cm³/mol. The normalized spacial score (nSPS) is 16.0. The summed E-state index contributed by atoms with van der Waals surface area (Å²) in [6.07, 6.45) is 1.15. The number of hydrogen-bond donors (Lipinski definition) is 0. The van der Waals surface area contributed by atoms with Gasteiger partial charge in [0.2, 0.25) is 15.9 Å². The zero-order valence-corrected chi connectivity index (χ0v) is 16.1. The summed E-state index contributed by atoms with van der Waals surface area (Å²) in [6.45, 7) is 5.83. The maximum absolute atomic E-state index is 12.8. The fourth-order valence-electron chi connectivity index (χ4n) is 3.34. The van der Waals surface area contributed by atoms with Crippen LogP contribution in [0.15, 0.2) is 42.5 Å². The molecular formula is C19H25N3O3S. The van der Waals surface area contributed by atoms with E-state index in [1.165, 1.54) is 4.31 Å². The van der Waals surface area contributed by atoms with E-state index in [4.69, 9.17) is 0 Å². The first-order valence-corrected chi connectivity index (χ1v) is 10.7. The molecule has 0 aromatic heterocycles. The molecule has 0 radical (unpaired) electrons. The number of piperazine rings is 1. The van der Waals surface area contributed by atoms with Crippen LogP contribution in [0.1, 0.15) is 6.92 Å². The third-order valence-corrected chi connectivity index (χ3v) is 6.01. The molecule has 0 aliphatic carbocycles. The number of carbonyl (C=O) groups excluding carboxylic acids is 1. The zero-order chi connectivity index (χ0) is 18.7. The monoisotopic (exact) mass is 375 g/mol. The smallest absolute Gasteiger partial charge is 0.243 e. The Balaban J connectivity index is 1.87. The lowest BCUT2D eigenvalue weighted by molar-refractivity contribution is -0.131. The first-order valence-electron chi connectivity index (χ1n) is 8.85. The summed E-state index contributed by atoms with van der Waals surface area (Å²) in [4.78, 5) is 16.8. The first kappa shape index (κ1) is 18.7. The maximum Gasteiger partial charge on any atom is 0.243 e. The van der Waals surface area contributed by atoms with Gasteiger partial charge in [0.25, 0.3) is 0 Å². The molecule has 1 heterocycles. The Bertz CT molecular complexity index is 885. The Morgan fingerprint density at radius 2 is 1.69 bits per heavy atom. The van der Waals surface area contributed by atoms with E-state index in [1.54, 1.807) is 11.0 Å². The van der Waals surface area contributed by atoms with Crippen molar-refractivity contribution in [1.29, 1.82) is 0 Å². The minimum Gasteiger partial charge on any atom is -0.339 e. The van der Waals surface area contributed by atoms with Crippen LogP contribution in [0.25, 0.3) is 10.8 Å². The Morgan fingerprint density at radius 1 is 1.04 bits per heavy atom. The van der Waals surface area contributed by atoms with Crippen LogP contribution in [0.5, 0.6) is 0 Å². The number of hydrogen-bond acceptors (Lipinski definition) is 4. The quantitative estimate of drug-likeness (QED) is 0.799. The van der Waals surface area contributed by atoms with Crippen molar-refractivity contribution in [3.8, 4) is 0 Å². The van der Waals surface area contributed by atoms with Crippen molar-refractivity contribution in [2.45, 2.75) is 6.92 Å². The van der Waals surface area contributed by atoms with Crippen LogP contribution < -0.4 is 4.31 Å². The number of nitrogens with zero attached hydrogens (tertiary/aromatic N) is 3. The fraction of sp³-hybridized carbons (Fsp3) is 0.421. The molecule has 0 bridgehead atoms. The molecule has 0 atom stereocenters. The van der Waals surface area contributed by atoms with Gasteiger partial charge in [-0.05, 0) is 18.0 Å². The molecule has 0 spiro atoms. The van der Waals surface area contributed by atoms with Crippen molar-refractivity contribution in [3.05, 3.63) is 42.5 Å². The summed E-state index contributed by atoms with van der Waals surface area (Å²) in [5, 5.41) is 1.77. The summed E-state index contributed by atoms with van der Waals surface area (Å²) in [6, 6.07) is 13.1. The van der Waals surface area contributed by atoms with Crippen LogP contribution in [-0.4, -0.2) is 69.6 Å². The molecule has 2 aromatic rings. The summed E-state index contributed by atoms with van der Waals surface area (Å²) >= 11 is 0. The lowest BCUT2D eigenvalue weighted by Crippen LogP contribution is -2.51. The van der Waals surface area contributed by atoms with Crippen molar-refractivity contribution in [2.75, 3.05) is 49.8 Å². The van der Waals surface area contributed by atoms with Crippen LogP contribution in [-0.2, 0) is 14.8 Å². The van der Waals surface area contributed by atoms with E-state index in [9.17, 15) is 13.2 Å². The number of fused-ring (bicyclic) bond motifs is 1. The molecule has 3 rings (SSSR count). The SMILES string of the molecule is CCN1CCN(C(=O)CN(c2cccc3ccccc23)S(C)(=O)=O)CC1. The van der Waals surface area contributed by atoms with Gasteiger partial charge in [0.1, 0.15) is 6.54 Å². The van der Waals surface area contributed by atoms with Gasteiger partial charge in [-0.15, -0.1) is 0 Å². The molecule has 2 aromatic carbocycles. The molecule has 140 valence electrons. The number of amides is 1. The van der Waals surface area contributed by atoms with E-state index in [2.05, 4.69) is 11.8 Å². The highest BCUT2D eigenvalue weighted by Gasteiger charge is 2.27. The molecule has 1 fully saturated rings. The van der Waals surface area contributed by atoms with Gasteiger partial charge >= 0.3 is 0 Å². The van der Waals surface area contributed by atoms with Crippen molar-refractivity contribution in [2.24, 2.45) is 0 Å². The van der Waals surface area contributed by atoms with Gasteiger partial charge in [-0.1, -0.05) is 43.3 Å². The third kappa shape index (κ3) is 3.99. The van der Waals surface area contributed by atoms with E-state index in [-0.39, 0.29) is 12.5 Å². The summed E-state index contributed by atoms with van der Waals surface area (Å²) in [5.74, 6) is -0.154. The van der Waals surface area contributed by atoms with Crippen molar-refractivity contribution in [1.82, 2.24) is 9.80 Å². The summed E-state index contributed by atoms with van der Waals surface area (Å²) < 4.78 is 26.1. The molecule has 1 aliphatic rings. The van der Waals surface area contributed by atoms with Gasteiger partial charge in [-0.25, -0.2) is 8.42 Å². The molecule has 7 heteroatoms. The van der Waals surface area contributed by atoms with Gasteiger partial charge in [-0.2, -0.15) is 0 Å². The molecule has 1 aliphatic heterocycles. The van der Waals surface area contributed by atoms with E-state index in [1.807, 2.05) is 36.4 Å². The molecule has 26 heavy (non-hydrogen) atoms. The van der Waals surface area contributed by atoms with E-state index >= 15 is 0 Å². The third-order valence-electron chi connectivity index (χ3n) is 4.89. The van der Waals surface area contributed by atoms with Gasteiger partial charge < -0.3 is 9.80 Å². The van der Waals surface area contributed by atoms with Crippen LogP contribution in [0.4, 0.5) is 5.69 Å². The average Bonchev–Trinajstić information content (AvgIpc) is 2.65. The van der Waals surface area contributed by atoms with Gasteiger partial charge in [-0.3, -0.25) is 9.10 Å². The Kier molecular flexibility index (Phi) is 5.48. The van der Waals surface area contributed by atoms with Gasteiger partial charge in [0, 0.05) is 31.6 Å². The molecule has 1 amide bonds. The number of likely N-dealkylation sites (N-methyl/N-ethyl adjacent to an activating group) is 1. The Hall–Kier alpha value is -2.12. The molecule has 0 unspecified atom stereocenters. The fourth-order valence-corrected chi connectivity index (χ4v) is 4.20. The van der Waals surface area contributed by atoms with E-state index in [0.717, 1.165) is 36.7 Å². The van der Waals surface area contributed by atoms with Crippen LogP contribution in [0.2, 0.25) is 0 Å². The maximum atomic E-state index is 12.8. The van der Waals surface area contributed by atoms with Crippen LogP contribution in [0, 0.1) is 0 Å². The molecule has 0 saturated carbocycles. The van der Waals surface area contributed by atoms with Crippen molar-refractivity contribution < 1.29 is 13.2 Å². The largest absolute Gasteiger partial charge is 0.339 e. The highest BCUT2D eigenvalue weighted by Crippen LogP contribution is 2.28. The number of carbonyl (C=O) groups is 1. The lowest BCUT2D eigenvalue weighted by Gasteiger charge is -2.35. The number of rotatable bonds is 5. The highest BCUT2D eigenvalue weighted by atomic mass is 32.2. The van der Waals surface area contributed by atoms with Crippen LogP contribution >= 0.6 is 0 Å². The molecule has 6 nitrogen and oxygen atoms in total. The highest BCUT2D eigenvalue weighted by molar-refractivity contribution is 7.92. The minimum atomic E-state index is -3.58. The second-order valence-corrected chi connectivity index (χ2v) is 8.49. The second-order valence-electron chi connectivity index (χ2n) is 6.58. The molecule has 1 saturated heterocycles.